The molecule has 0 N–H and O–H groups in total. The lowest BCUT2D eigenvalue weighted by Crippen LogP contribution is -2.31. The minimum Gasteiger partial charge on any atom is -0.356 e. The van der Waals surface area contributed by atoms with Gasteiger partial charge in [0.25, 0.3) is 0 Å². The van der Waals surface area contributed by atoms with Crippen molar-refractivity contribution in [3.63, 3.8) is 0 Å². The van der Waals surface area contributed by atoms with Gasteiger partial charge in [-0.1, -0.05) is 31.1 Å². The highest BCUT2D eigenvalue weighted by Gasteiger charge is 2.25. The first-order chi connectivity index (χ1) is 14.3. The number of piperidine rings is 1. The molecule has 0 saturated carbocycles. The summed E-state index contributed by atoms with van der Waals surface area (Å²) in [5.74, 6) is 2.76. The third-order valence-corrected chi connectivity index (χ3v) is 5.84. The summed E-state index contributed by atoms with van der Waals surface area (Å²) >= 11 is 0. The highest BCUT2D eigenvalue weighted by atomic mass is 16.5. The van der Waals surface area contributed by atoms with Crippen LogP contribution in [0.4, 0.5) is 5.82 Å². The van der Waals surface area contributed by atoms with E-state index in [0.717, 1.165) is 43.1 Å². The Kier molecular flexibility index (Phi) is 6.17. The van der Waals surface area contributed by atoms with Gasteiger partial charge in [0.1, 0.15) is 5.82 Å². The van der Waals surface area contributed by atoms with Crippen LogP contribution < -0.4 is 4.90 Å². The molecule has 152 valence electrons. The lowest BCUT2D eigenvalue weighted by molar-refractivity contribution is 0.351. The monoisotopic (exact) mass is 391 g/mol. The van der Waals surface area contributed by atoms with Crippen molar-refractivity contribution in [1.82, 2.24) is 20.1 Å². The molecule has 6 heteroatoms. The van der Waals surface area contributed by atoms with Crippen LogP contribution in [0.5, 0.6) is 0 Å². The molecule has 1 aliphatic rings. The lowest BCUT2D eigenvalue weighted by atomic mass is 9.92. The molecule has 2 atom stereocenters. The van der Waals surface area contributed by atoms with Crippen LogP contribution in [-0.2, 0) is 6.42 Å². The summed E-state index contributed by atoms with van der Waals surface area (Å²) in [5.41, 5.74) is 2.32. The normalized spacial score (nSPS) is 16.6. The van der Waals surface area contributed by atoms with E-state index in [0.29, 0.717) is 5.89 Å². The molecule has 2 unspecified atom stereocenters. The summed E-state index contributed by atoms with van der Waals surface area (Å²) in [5, 5.41) is 4.35. The van der Waals surface area contributed by atoms with Gasteiger partial charge in [0.15, 0.2) is 5.82 Å². The van der Waals surface area contributed by atoms with Crippen LogP contribution in [0.1, 0.15) is 74.2 Å². The molecule has 1 fully saturated rings. The fourth-order valence-electron chi connectivity index (χ4n) is 3.90. The second-order valence-electron chi connectivity index (χ2n) is 7.88. The van der Waals surface area contributed by atoms with E-state index in [2.05, 4.69) is 41.0 Å². The lowest BCUT2D eigenvalue weighted by Gasteiger charge is -2.30. The van der Waals surface area contributed by atoms with Crippen molar-refractivity contribution < 1.29 is 4.52 Å². The fraction of sp³-hybridized carbons (Fsp3) is 0.478. The van der Waals surface area contributed by atoms with Crippen molar-refractivity contribution in [2.24, 2.45) is 0 Å². The molecule has 0 bridgehead atoms. The van der Waals surface area contributed by atoms with E-state index < -0.39 is 0 Å². The quantitative estimate of drug-likeness (QED) is 0.579. The zero-order valence-corrected chi connectivity index (χ0v) is 17.3. The molecule has 0 radical (unpaired) electrons. The van der Waals surface area contributed by atoms with Crippen LogP contribution >= 0.6 is 0 Å². The van der Waals surface area contributed by atoms with Crippen LogP contribution in [0.15, 0.2) is 47.4 Å². The van der Waals surface area contributed by atoms with Crippen molar-refractivity contribution >= 4 is 5.82 Å². The van der Waals surface area contributed by atoms with Gasteiger partial charge < -0.3 is 9.42 Å². The molecule has 0 aliphatic carbocycles. The van der Waals surface area contributed by atoms with Gasteiger partial charge in [-0.15, -0.1) is 0 Å². The Morgan fingerprint density at radius 3 is 2.69 bits per heavy atom. The smallest absolute Gasteiger partial charge is 0.229 e. The molecule has 6 nitrogen and oxygen atoms in total. The van der Waals surface area contributed by atoms with E-state index in [4.69, 9.17) is 14.5 Å². The zero-order valence-electron chi connectivity index (χ0n) is 17.3. The molecular weight excluding hydrogens is 362 g/mol. The van der Waals surface area contributed by atoms with Crippen LogP contribution in [-0.4, -0.2) is 33.2 Å². The largest absolute Gasteiger partial charge is 0.356 e. The maximum absolute atomic E-state index is 5.60. The van der Waals surface area contributed by atoms with Gasteiger partial charge in [0.2, 0.25) is 5.89 Å². The Hall–Kier alpha value is -2.76. The molecule has 0 spiro atoms. The summed E-state index contributed by atoms with van der Waals surface area (Å²) in [7, 11) is 0. The number of anilines is 1. The third-order valence-electron chi connectivity index (χ3n) is 5.84. The second-order valence-corrected chi connectivity index (χ2v) is 7.88. The maximum Gasteiger partial charge on any atom is 0.229 e. The molecule has 1 saturated heterocycles. The number of nitrogens with zero attached hydrogens (tertiary/aromatic N) is 5. The van der Waals surface area contributed by atoms with E-state index in [1.165, 1.54) is 24.8 Å². The third kappa shape index (κ3) is 4.47. The Labute approximate surface area is 172 Å². The average Bonchev–Trinajstić information content (AvgIpc) is 3.28. The van der Waals surface area contributed by atoms with Gasteiger partial charge in [0.05, 0.1) is 5.92 Å². The average molecular weight is 392 g/mol. The molecule has 4 rings (SSSR count). The molecule has 29 heavy (non-hydrogen) atoms. The SMILES string of the molecule is CCC(C)c1nc(C(Cc2cccnc2N2CCCCC2)c2cccnc2)no1. The zero-order chi connectivity index (χ0) is 20.1. The predicted octanol–water partition coefficient (Wildman–Crippen LogP) is 4.74. The van der Waals surface area contributed by atoms with Crippen molar-refractivity contribution in [1.29, 1.82) is 0 Å². The molecular formula is C23H29N5O. The first kappa shape index (κ1) is 19.6. The van der Waals surface area contributed by atoms with Gasteiger partial charge in [-0.2, -0.15) is 4.98 Å². The van der Waals surface area contributed by atoms with Gasteiger partial charge in [-0.3, -0.25) is 4.98 Å². The number of aromatic nitrogens is 4. The van der Waals surface area contributed by atoms with E-state index in [1.807, 2.05) is 24.5 Å². The first-order valence-electron chi connectivity index (χ1n) is 10.7. The molecule has 1 aliphatic heterocycles. The van der Waals surface area contributed by atoms with E-state index >= 15 is 0 Å². The van der Waals surface area contributed by atoms with Gasteiger partial charge >= 0.3 is 0 Å². The summed E-state index contributed by atoms with van der Waals surface area (Å²) in [6.45, 7) is 6.39. The van der Waals surface area contributed by atoms with Crippen molar-refractivity contribution in [3.8, 4) is 0 Å². The highest BCUT2D eigenvalue weighted by molar-refractivity contribution is 5.48. The Morgan fingerprint density at radius 2 is 1.93 bits per heavy atom. The Balaban J connectivity index is 1.67. The summed E-state index contributed by atoms with van der Waals surface area (Å²) in [4.78, 5) is 16.2. The molecule has 4 heterocycles. The molecule has 3 aromatic heterocycles. The van der Waals surface area contributed by atoms with Crippen LogP contribution in [0.3, 0.4) is 0 Å². The van der Waals surface area contributed by atoms with Crippen LogP contribution in [0, 0.1) is 0 Å². The van der Waals surface area contributed by atoms with Crippen molar-refractivity contribution in [2.75, 3.05) is 18.0 Å². The standard InChI is InChI=1S/C23H29N5O/c1-3-17(2)23-26-21(27-29-23)20(19-10-7-11-24-16-19)15-18-9-8-12-25-22(18)28-13-5-4-6-14-28/h7-12,16-17,20H,3-6,13-15H2,1-2H3. The van der Waals surface area contributed by atoms with Gasteiger partial charge in [-0.05, 0) is 55.4 Å². The Bertz CT molecular complexity index is 904. The highest BCUT2D eigenvalue weighted by Crippen LogP contribution is 2.31. The van der Waals surface area contributed by atoms with Gasteiger partial charge in [0, 0.05) is 37.6 Å². The van der Waals surface area contributed by atoms with E-state index in [1.54, 1.807) is 6.20 Å². The minimum atomic E-state index is -0.0157. The maximum atomic E-state index is 5.60. The molecule has 0 aromatic carbocycles. The van der Waals surface area contributed by atoms with Crippen LogP contribution in [0.25, 0.3) is 0 Å². The number of rotatable bonds is 7. The summed E-state index contributed by atoms with van der Waals surface area (Å²) in [6, 6.07) is 8.25. The second kappa shape index (κ2) is 9.16. The van der Waals surface area contributed by atoms with Gasteiger partial charge in [-0.25, -0.2) is 4.98 Å². The van der Waals surface area contributed by atoms with E-state index in [9.17, 15) is 0 Å². The van der Waals surface area contributed by atoms with Crippen molar-refractivity contribution in [2.45, 2.75) is 57.8 Å². The number of hydrogen-bond acceptors (Lipinski definition) is 6. The topological polar surface area (TPSA) is 67.9 Å². The Morgan fingerprint density at radius 1 is 1.10 bits per heavy atom. The van der Waals surface area contributed by atoms with Crippen LogP contribution in [0.2, 0.25) is 0 Å². The molecule has 3 aromatic rings. The van der Waals surface area contributed by atoms with E-state index in [-0.39, 0.29) is 11.8 Å². The first-order valence-corrected chi connectivity index (χ1v) is 10.7. The predicted molar refractivity (Wildman–Crippen MR) is 113 cm³/mol. The fourth-order valence-corrected chi connectivity index (χ4v) is 3.90. The minimum absolute atomic E-state index is 0.0157. The number of hydrogen-bond donors (Lipinski definition) is 0. The van der Waals surface area contributed by atoms with Crippen molar-refractivity contribution in [3.05, 3.63) is 65.7 Å². The number of pyridine rings is 2. The molecule has 0 amide bonds. The summed E-state index contributed by atoms with van der Waals surface area (Å²) < 4.78 is 5.60. The summed E-state index contributed by atoms with van der Waals surface area (Å²) in [6.07, 6.45) is 11.1.